The largest absolute Gasteiger partial charge is 0.369 e. The van der Waals surface area contributed by atoms with Crippen molar-refractivity contribution in [3.8, 4) is 0 Å². The van der Waals surface area contributed by atoms with Gasteiger partial charge in [0.15, 0.2) is 11.5 Å². The van der Waals surface area contributed by atoms with Crippen molar-refractivity contribution in [2.75, 3.05) is 0 Å². The molecule has 2 amide bonds. The summed E-state index contributed by atoms with van der Waals surface area (Å²) >= 11 is 0. The van der Waals surface area contributed by atoms with Crippen LogP contribution in [0.4, 0.5) is 0 Å². The second-order valence-electron chi connectivity index (χ2n) is 8.13. The molecule has 1 aliphatic heterocycles. The Labute approximate surface area is 187 Å². The zero-order valence-corrected chi connectivity index (χ0v) is 18.2. The quantitative estimate of drug-likeness (QED) is 0.633. The lowest BCUT2D eigenvalue weighted by molar-refractivity contribution is -0.130. The minimum Gasteiger partial charge on any atom is -0.369 e. The van der Waals surface area contributed by atoms with Gasteiger partial charge in [0.25, 0.3) is 11.8 Å². The summed E-state index contributed by atoms with van der Waals surface area (Å²) in [6, 6.07) is 26.2. The Bertz CT molecular complexity index is 1120. The second kappa shape index (κ2) is 8.67. The Hall–Kier alpha value is -3.93. The van der Waals surface area contributed by atoms with Gasteiger partial charge in [-0.1, -0.05) is 72.8 Å². The summed E-state index contributed by atoms with van der Waals surface area (Å²) < 4.78 is 0. The van der Waals surface area contributed by atoms with Crippen LogP contribution in [0.1, 0.15) is 40.9 Å². The maximum atomic E-state index is 13.9. The lowest BCUT2D eigenvalue weighted by Gasteiger charge is -2.27. The highest BCUT2D eigenvalue weighted by Gasteiger charge is 2.50. The van der Waals surface area contributed by atoms with Crippen molar-refractivity contribution >= 4 is 17.8 Å². The van der Waals surface area contributed by atoms with Gasteiger partial charge in [0.05, 0.1) is 6.54 Å². The summed E-state index contributed by atoms with van der Waals surface area (Å²) in [4.78, 5) is 32.5. The Morgan fingerprint density at radius 1 is 0.969 bits per heavy atom. The van der Waals surface area contributed by atoms with Crippen molar-refractivity contribution in [2.45, 2.75) is 32.0 Å². The van der Waals surface area contributed by atoms with Crippen LogP contribution in [0, 0.1) is 0 Å². The van der Waals surface area contributed by atoms with Gasteiger partial charge in [-0.15, -0.1) is 0 Å². The van der Waals surface area contributed by atoms with Gasteiger partial charge < -0.3 is 11.1 Å². The predicted octanol–water partition coefficient (Wildman–Crippen LogP) is 3.43. The van der Waals surface area contributed by atoms with E-state index >= 15 is 0 Å². The number of benzene rings is 3. The summed E-state index contributed by atoms with van der Waals surface area (Å²) in [6.07, 6.45) is 0. The average molecular weight is 427 g/mol. The predicted molar refractivity (Wildman–Crippen MR) is 125 cm³/mol. The zero-order chi connectivity index (χ0) is 22.7. The SMILES string of the molecule is CC(C)NC(=O)c1cccc(CN2C(=O)C(c3ccccc3)(c3ccccc3)N=C2N)c1. The first kappa shape index (κ1) is 21.3. The van der Waals surface area contributed by atoms with Gasteiger partial charge in [0.1, 0.15) is 0 Å². The fraction of sp³-hybridized carbons (Fsp3) is 0.192. The molecule has 4 rings (SSSR count). The first-order valence-corrected chi connectivity index (χ1v) is 10.6. The van der Waals surface area contributed by atoms with Crippen LogP contribution in [0.3, 0.4) is 0 Å². The molecule has 0 aliphatic carbocycles. The molecule has 0 aromatic heterocycles. The minimum absolute atomic E-state index is 0.0338. The highest BCUT2D eigenvalue weighted by atomic mass is 16.2. The fourth-order valence-electron chi connectivity index (χ4n) is 3.97. The van der Waals surface area contributed by atoms with Crippen molar-refractivity contribution < 1.29 is 9.59 Å². The first-order chi connectivity index (χ1) is 15.4. The highest BCUT2D eigenvalue weighted by Crippen LogP contribution is 2.39. The van der Waals surface area contributed by atoms with Gasteiger partial charge >= 0.3 is 0 Å². The fourth-order valence-corrected chi connectivity index (χ4v) is 3.97. The molecular weight excluding hydrogens is 400 g/mol. The first-order valence-electron chi connectivity index (χ1n) is 10.6. The van der Waals surface area contributed by atoms with E-state index in [0.717, 1.165) is 16.7 Å². The van der Waals surface area contributed by atoms with Crippen LogP contribution >= 0.6 is 0 Å². The summed E-state index contributed by atoms with van der Waals surface area (Å²) in [5, 5.41) is 2.89. The molecule has 3 aromatic rings. The summed E-state index contributed by atoms with van der Waals surface area (Å²) in [5.41, 5.74) is 7.92. The Balaban J connectivity index is 1.69. The minimum atomic E-state index is -1.24. The number of hydrogen-bond acceptors (Lipinski definition) is 4. The molecule has 6 heteroatoms. The molecule has 0 atom stereocenters. The molecule has 0 radical (unpaired) electrons. The van der Waals surface area contributed by atoms with E-state index in [0.29, 0.717) is 5.56 Å². The molecule has 0 fully saturated rings. The smallest absolute Gasteiger partial charge is 0.266 e. The van der Waals surface area contributed by atoms with Crippen molar-refractivity contribution in [1.82, 2.24) is 10.2 Å². The van der Waals surface area contributed by atoms with Gasteiger partial charge in [-0.05, 0) is 42.7 Å². The number of aliphatic imine (C=N–C) groups is 1. The number of guanidine groups is 1. The van der Waals surface area contributed by atoms with E-state index in [2.05, 4.69) is 5.32 Å². The normalized spacial score (nSPS) is 15.0. The van der Waals surface area contributed by atoms with E-state index in [9.17, 15) is 9.59 Å². The molecule has 0 unspecified atom stereocenters. The third-order valence-electron chi connectivity index (χ3n) is 5.45. The molecule has 0 spiro atoms. The van der Waals surface area contributed by atoms with Crippen molar-refractivity contribution in [2.24, 2.45) is 10.7 Å². The molecule has 0 bridgehead atoms. The van der Waals surface area contributed by atoms with Crippen LogP contribution in [0.2, 0.25) is 0 Å². The van der Waals surface area contributed by atoms with Crippen molar-refractivity contribution in [3.05, 3.63) is 107 Å². The van der Waals surface area contributed by atoms with E-state index in [1.165, 1.54) is 4.90 Å². The maximum absolute atomic E-state index is 13.9. The summed E-state index contributed by atoms with van der Waals surface area (Å²) in [5.74, 6) is -0.219. The zero-order valence-electron chi connectivity index (χ0n) is 18.2. The van der Waals surface area contributed by atoms with Crippen LogP contribution < -0.4 is 11.1 Å². The van der Waals surface area contributed by atoms with Crippen molar-refractivity contribution in [1.29, 1.82) is 0 Å². The highest BCUT2D eigenvalue weighted by molar-refractivity contribution is 6.09. The second-order valence-corrected chi connectivity index (χ2v) is 8.13. The van der Waals surface area contributed by atoms with E-state index < -0.39 is 5.54 Å². The number of nitrogens with two attached hydrogens (primary N) is 1. The lowest BCUT2D eigenvalue weighted by atomic mass is 9.83. The van der Waals surface area contributed by atoms with Crippen molar-refractivity contribution in [3.63, 3.8) is 0 Å². The molecule has 32 heavy (non-hydrogen) atoms. The van der Waals surface area contributed by atoms with E-state index in [1.54, 1.807) is 18.2 Å². The van der Waals surface area contributed by atoms with E-state index in [1.807, 2.05) is 80.6 Å². The van der Waals surface area contributed by atoms with Crippen LogP contribution in [-0.4, -0.2) is 28.7 Å². The topological polar surface area (TPSA) is 87.8 Å². The summed E-state index contributed by atoms with van der Waals surface area (Å²) in [7, 11) is 0. The number of amides is 2. The van der Waals surface area contributed by atoms with Gasteiger partial charge in [-0.3, -0.25) is 14.5 Å². The van der Waals surface area contributed by atoms with Gasteiger partial charge in [0, 0.05) is 11.6 Å². The lowest BCUT2D eigenvalue weighted by Crippen LogP contribution is -2.43. The van der Waals surface area contributed by atoms with E-state index in [-0.39, 0.29) is 30.4 Å². The van der Waals surface area contributed by atoms with Crippen LogP contribution in [0.15, 0.2) is 89.9 Å². The maximum Gasteiger partial charge on any atom is 0.266 e. The van der Waals surface area contributed by atoms with Crippen LogP contribution in [0.5, 0.6) is 0 Å². The number of hydrogen-bond donors (Lipinski definition) is 2. The van der Waals surface area contributed by atoms with Crippen LogP contribution in [-0.2, 0) is 16.9 Å². The molecule has 3 aromatic carbocycles. The standard InChI is InChI=1S/C26H26N4O2/c1-18(2)28-23(31)20-11-9-10-19(16-20)17-30-24(32)26(29-25(30)27,21-12-5-3-6-13-21)22-14-7-4-8-15-22/h3-16,18H,17H2,1-2H3,(H2,27,29)(H,28,31). The van der Waals surface area contributed by atoms with E-state index in [4.69, 9.17) is 10.7 Å². The summed E-state index contributed by atoms with van der Waals surface area (Å²) in [6.45, 7) is 4.04. The molecule has 0 saturated heterocycles. The molecular formula is C26H26N4O2. The number of nitrogens with one attached hydrogen (secondary N) is 1. The van der Waals surface area contributed by atoms with Gasteiger partial charge in [-0.2, -0.15) is 0 Å². The Morgan fingerprint density at radius 2 is 1.56 bits per heavy atom. The number of rotatable bonds is 6. The van der Waals surface area contributed by atoms with Gasteiger partial charge in [0.2, 0.25) is 0 Å². The molecule has 0 saturated carbocycles. The monoisotopic (exact) mass is 426 g/mol. The Morgan fingerprint density at radius 3 is 2.12 bits per heavy atom. The molecule has 1 heterocycles. The molecule has 6 nitrogen and oxygen atoms in total. The number of nitrogens with zero attached hydrogens (tertiary/aromatic N) is 2. The molecule has 3 N–H and O–H groups in total. The number of carbonyl (C=O) groups excluding carboxylic acids is 2. The Kier molecular flexibility index (Phi) is 5.77. The van der Waals surface area contributed by atoms with Crippen LogP contribution in [0.25, 0.3) is 0 Å². The average Bonchev–Trinajstić information content (AvgIpc) is 3.06. The molecule has 1 aliphatic rings. The molecule has 162 valence electrons. The third kappa shape index (κ3) is 3.87. The number of carbonyl (C=O) groups is 2. The van der Waals surface area contributed by atoms with Gasteiger partial charge in [-0.25, -0.2) is 4.99 Å². The third-order valence-corrected chi connectivity index (χ3v) is 5.45.